The lowest BCUT2D eigenvalue weighted by Crippen LogP contribution is -2.53. The number of quaternary nitrogens is 1. The predicted octanol–water partition coefficient (Wildman–Crippen LogP) is 4.90. The largest absolute Gasteiger partial charge is 0.303 e. The Balaban J connectivity index is 1.25. The van der Waals surface area contributed by atoms with Crippen molar-refractivity contribution in [2.75, 3.05) is 19.6 Å². The molecule has 7 nitrogen and oxygen atoms in total. The summed E-state index contributed by atoms with van der Waals surface area (Å²) in [4.78, 5) is 21.4. The van der Waals surface area contributed by atoms with Gasteiger partial charge in [0.1, 0.15) is 11.9 Å². The molecule has 1 unspecified atom stereocenters. The van der Waals surface area contributed by atoms with Crippen molar-refractivity contribution in [2.24, 2.45) is 27.7 Å². The fourth-order valence-electron chi connectivity index (χ4n) is 5.70. The Morgan fingerprint density at radius 2 is 1.97 bits per heavy atom. The molecule has 180 valence electrons. The second kappa shape index (κ2) is 8.42. The van der Waals surface area contributed by atoms with Crippen LogP contribution in [-0.2, 0) is 0 Å². The van der Waals surface area contributed by atoms with E-state index in [9.17, 15) is 0 Å². The van der Waals surface area contributed by atoms with Crippen LogP contribution in [0.4, 0.5) is 0 Å². The molecule has 3 aliphatic heterocycles. The van der Waals surface area contributed by atoms with Crippen LogP contribution in [0.15, 0.2) is 82.4 Å². The summed E-state index contributed by atoms with van der Waals surface area (Å²) in [5, 5.41) is 1.57. The molecular weight excluding hydrogens is 470 g/mol. The minimum Gasteiger partial charge on any atom is -0.303 e. The number of hydrogen-bond donors (Lipinski definition) is 1. The fourth-order valence-corrected chi connectivity index (χ4v) is 5.95. The molecule has 2 aromatic heterocycles. The number of benzene rings is 1. The zero-order valence-electron chi connectivity index (χ0n) is 19.9. The third-order valence-electron chi connectivity index (χ3n) is 7.86. The fraction of sp³-hybridized carbons (Fsp3) is 0.286. The summed E-state index contributed by atoms with van der Waals surface area (Å²) in [7, 11) is 0. The number of hydrogen-bond acceptors (Lipinski definition) is 6. The molecule has 0 spiro atoms. The molecule has 0 radical (unpaired) electrons. The van der Waals surface area contributed by atoms with Crippen molar-refractivity contribution < 1.29 is 4.59 Å². The van der Waals surface area contributed by atoms with Crippen LogP contribution in [0.2, 0.25) is 5.02 Å². The van der Waals surface area contributed by atoms with Crippen molar-refractivity contribution in [3.05, 3.63) is 83.0 Å². The first-order chi connectivity index (χ1) is 17.6. The van der Waals surface area contributed by atoms with Gasteiger partial charge in [-0.05, 0) is 68.6 Å². The van der Waals surface area contributed by atoms with Crippen LogP contribution in [0.3, 0.4) is 0 Å². The van der Waals surface area contributed by atoms with Crippen molar-refractivity contribution in [3.8, 4) is 11.4 Å². The second-order valence-electron chi connectivity index (χ2n) is 10.2. The Hall–Kier alpha value is -3.23. The number of nitrogens with zero attached hydrogens (tertiary/aromatic N) is 6. The van der Waals surface area contributed by atoms with Crippen LogP contribution >= 0.6 is 11.6 Å². The molecule has 1 aliphatic carbocycles. The number of fused-ring (bicyclic) bond motifs is 2. The lowest BCUT2D eigenvalue weighted by atomic mass is 9.72. The van der Waals surface area contributed by atoms with Crippen LogP contribution in [0.25, 0.3) is 22.3 Å². The minimum absolute atomic E-state index is 0.0166. The van der Waals surface area contributed by atoms with Gasteiger partial charge in [-0.25, -0.2) is 4.98 Å². The number of aliphatic imine (C=N–C) groups is 2. The lowest BCUT2D eigenvalue weighted by Gasteiger charge is -2.41. The maximum absolute atomic E-state index is 7.00. The highest BCUT2D eigenvalue weighted by Crippen LogP contribution is 2.46. The Morgan fingerprint density at radius 1 is 1.08 bits per heavy atom. The van der Waals surface area contributed by atoms with E-state index in [1.54, 1.807) is 12.4 Å². The van der Waals surface area contributed by atoms with Gasteiger partial charge in [0.15, 0.2) is 0 Å². The van der Waals surface area contributed by atoms with Gasteiger partial charge < -0.3 is 4.90 Å². The molecule has 36 heavy (non-hydrogen) atoms. The van der Waals surface area contributed by atoms with E-state index in [0.717, 1.165) is 58.0 Å². The standard InChI is InChI=1S/C28H27ClN7/c29-22-14-19-5-6-24(23-4-1-2-7-32-23)33-25(19)15-21(22)28-34-27(26-16-31-8-11-36(26,28)30)20-12-18(13-20)17-35-9-3-10-35/h1-2,4-8,11,14-16,18,20H,3,9-10,12-13,17,30H2/q+1. The first-order valence-electron chi connectivity index (χ1n) is 12.5. The normalized spacial score (nSPS) is 27.1. The number of pyridine rings is 2. The quantitative estimate of drug-likeness (QED) is 0.402. The van der Waals surface area contributed by atoms with Gasteiger partial charge in [0, 0.05) is 24.0 Å². The summed E-state index contributed by atoms with van der Waals surface area (Å²) in [5.74, 6) is 8.85. The van der Waals surface area contributed by atoms with Crippen molar-refractivity contribution in [3.63, 3.8) is 0 Å². The molecular formula is C28H27ClN7+. The van der Waals surface area contributed by atoms with E-state index in [1.165, 1.54) is 26.1 Å². The summed E-state index contributed by atoms with van der Waals surface area (Å²) in [6.07, 6.45) is 10.9. The zero-order valence-corrected chi connectivity index (χ0v) is 20.6. The molecule has 1 aromatic carbocycles. The van der Waals surface area contributed by atoms with Gasteiger partial charge in [-0.3, -0.25) is 9.98 Å². The first kappa shape index (κ1) is 22.0. The number of aromatic nitrogens is 2. The van der Waals surface area contributed by atoms with E-state index in [1.807, 2.05) is 54.9 Å². The third kappa shape index (κ3) is 3.54. The van der Waals surface area contributed by atoms with E-state index in [2.05, 4.69) is 14.9 Å². The third-order valence-corrected chi connectivity index (χ3v) is 8.17. The molecule has 2 N–H and O–H groups in total. The van der Waals surface area contributed by atoms with Gasteiger partial charge in [0.05, 0.1) is 39.9 Å². The molecule has 5 heterocycles. The highest BCUT2D eigenvalue weighted by molar-refractivity contribution is 6.34. The number of amidine groups is 1. The SMILES string of the molecule is N[N+]12C=CN=CC1=C(C1CC(CN3CCC3)C1)N=C2c1cc2nc(-c3ccccn3)ccc2cc1Cl. The van der Waals surface area contributed by atoms with Crippen LogP contribution in [-0.4, -0.2) is 51.1 Å². The van der Waals surface area contributed by atoms with Gasteiger partial charge in [-0.2, -0.15) is 10.8 Å². The van der Waals surface area contributed by atoms with Gasteiger partial charge >= 0.3 is 0 Å². The maximum Gasteiger partial charge on any atom is 0.266 e. The van der Waals surface area contributed by atoms with Crippen molar-refractivity contribution >= 4 is 34.6 Å². The molecule has 2 fully saturated rings. The van der Waals surface area contributed by atoms with E-state index in [0.29, 0.717) is 16.8 Å². The number of halogens is 1. The first-order valence-corrected chi connectivity index (χ1v) is 12.9. The topological polar surface area (TPSA) is 79.8 Å². The van der Waals surface area contributed by atoms with Gasteiger partial charge in [-0.15, -0.1) is 4.59 Å². The summed E-state index contributed by atoms with van der Waals surface area (Å²) >= 11 is 6.84. The van der Waals surface area contributed by atoms with E-state index in [-0.39, 0.29) is 4.59 Å². The molecule has 0 amide bonds. The van der Waals surface area contributed by atoms with Gasteiger partial charge in [0.25, 0.3) is 5.84 Å². The lowest BCUT2D eigenvalue weighted by molar-refractivity contribution is -0.750. The summed E-state index contributed by atoms with van der Waals surface area (Å²) in [6, 6.07) is 13.8. The molecule has 0 bridgehead atoms. The number of nitrogens with two attached hydrogens (primary N) is 1. The molecule has 1 atom stereocenters. The molecule has 1 saturated carbocycles. The predicted molar refractivity (Wildman–Crippen MR) is 143 cm³/mol. The number of rotatable bonds is 5. The van der Waals surface area contributed by atoms with Crippen molar-refractivity contribution in [1.82, 2.24) is 14.9 Å². The molecule has 3 aromatic rings. The monoisotopic (exact) mass is 496 g/mol. The molecule has 4 aliphatic rings. The summed E-state index contributed by atoms with van der Waals surface area (Å²) in [6.45, 7) is 3.69. The highest BCUT2D eigenvalue weighted by Gasteiger charge is 2.48. The van der Waals surface area contributed by atoms with Gasteiger partial charge in [0.2, 0.25) is 5.70 Å². The van der Waals surface area contributed by atoms with E-state index in [4.69, 9.17) is 27.4 Å². The van der Waals surface area contributed by atoms with Crippen LogP contribution in [0.1, 0.15) is 24.8 Å². The summed E-state index contributed by atoms with van der Waals surface area (Å²) in [5.41, 5.74) is 5.25. The van der Waals surface area contributed by atoms with Crippen LogP contribution in [0.5, 0.6) is 0 Å². The Kier molecular flexibility index (Phi) is 5.15. The maximum atomic E-state index is 7.00. The summed E-state index contributed by atoms with van der Waals surface area (Å²) < 4.78 is -0.0166. The zero-order chi connectivity index (χ0) is 24.3. The van der Waals surface area contributed by atoms with Gasteiger partial charge in [-0.1, -0.05) is 23.7 Å². The van der Waals surface area contributed by atoms with Crippen molar-refractivity contribution in [1.29, 1.82) is 0 Å². The Labute approximate surface area is 214 Å². The van der Waals surface area contributed by atoms with Crippen molar-refractivity contribution in [2.45, 2.75) is 19.3 Å². The average molecular weight is 497 g/mol. The number of likely N-dealkylation sites (tertiary alicyclic amines) is 1. The number of allylic oxidation sites excluding steroid dienone is 2. The second-order valence-corrected chi connectivity index (χ2v) is 10.6. The van der Waals surface area contributed by atoms with E-state index < -0.39 is 0 Å². The van der Waals surface area contributed by atoms with E-state index >= 15 is 0 Å². The molecule has 1 saturated heterocycles. The highest BCUT2D eigenvalue weighted by atomic mass is 35.5. The smallest absolute Gasteiger partial charge is 0.266 e. The molecule has 7 rings (SSSR count). The Bertz CT molecular complexity index is 1480. The Morgan fingerprint density at radius 3 is 2.75 bits per heavy atom. The van der Waals surface area contributed by atoms with Crippen LogP contribution < -0.4 is 5.84 Å². The molecule has 8 heteroatoms. The average Bonchev–Trinajstić information content (AvgIpc) is 3.14. The van der Waals surface area contributed by atoms with Crippen LogP contribution in [0, 0.1) is 11.8 Å². The minimum atomic E-state index is -0.0166.